The second-order valence-electron chi connectivity index (χ2n) is 3.84. The maximum absolute atomic E-state index is 11.5. The van der Waals surface area contributed by atoms with E-state index in [-0.39, 0.29) is 0 Å². The van der Waals surface area contributed by atoms with Crippen LogP contribution in [0.2, 0.25) is 0 Å². The van der Waals surface area contributed by atoms with Gasteiger partial charge < -0.3 is 4.90 Å². The lowest BCUT2D eigenvalue weighted by atomic mass is 9.95. The van der Waals surface area contributed by atoms with Gasteiger partial charge in [0, 0.05) is 13.0 Å². The van der Waals surface area contributed by atoms with Gasteiger partial charge in [-0.25, -0.2) is 0 Å². The highest BCUT2D eigenvalue weighted by Crippen LogP contribution is 2.25. The third-order valence-corrected chi connectivity index (χ3v) is 2.78. The molecule has 1 unspecified atom stereocenters. The van der Waals surface area contributed by atoms with Crippen molar-refractivity contribution in [3.63, 3.8) is 0 Å². The van der Waals surface area contributed by atoms with Gasteiger partial charge in [-0.05, 0) is 26.2 Å². The van der Waals surface area contributed by atoms with Crippen LogP contribution in [0.4, 0.5) is 0 Å². The number of hydrogen-bond acceptors (Lipinski definition) is 1. The Morgan fingerprint density at radius 2 is 2.33 bits per heavy atom. The Bertz CT molecular complexity index is 232. The first kappa shape index (κ1) is 7.84. The summed E-state index contributed by atoms with van der Waals surface area (Å²) in [6.07, 6.45) is 6.55. The molecule has 2 aliphatic rings. The summed E-state index contributed by atoms with van der Waals surface area (Å²) in [5.41, 5.74) is 1.25. The molecule has 66 valence electrons. The molecule has 1 saturated heterocycles. The molecular weight excluding hydrogens is 150 g/mol. The Kier molecular flexibility index (Phi) is 1.91. The molecule has 2 rings (SSSR count). The predicted octanol–water partition coefficient (Wildman–Crippen LogP) is 1.72. The molecule has 2 aliphatic heterocycles. The third kappa shape index (κ3) is 1.26. The minimum absolute atomic E-state index is 0.333. The molecule has 12 heavy (non-hydrogen) atoms. The summed E-state index contributed by atoms with van der Waals surface area (Å²) >= 11 is 0. The molecule has 0 aromatic heterocycles. The molecule has 0 bridgehead atoms. The predicted molar refractivity (Wildman–Crippen MR) is 47.7 cm³/mol. The zero-order valence-corrected chi connectivity index (χ0v) is 7.55. The van der Waals surface area contributed by atoms with Crippen molar-refractivity contribution in [1.82, 2.24) is 4.90 Å². The van der Waals surface area contributed by atoms with Gasteiger partial charge in [0.15, 0.2) is 0 Å². The molecule has 2 heteroatoms. The van der Waals surface area contributed by atoms with Crippen molar-refractivity contribution < 1.29 is 4.79 Å². The SMILES string of the molecule is CC1=CC2CCCCN2C(=O)C1. The number of piperidine rings is 1. The normalized spacial score (nSPS) is 29.8. The molecule has 0 aromatic rings. The van der Waals surface area contributed by atoms with Crippen molar-refractivity contribution in [3.05, 3.63) is 11.6 Å². The number of carbonyl (C=O) groups is 1. The summed E-state index contributed by atoms with van der Waals surface area (Å²) in [6.45, 7) is 3.04. The largest absolute Gasteiger partial charge is 0.336 e. The van der Waals surface area contributed by atoms with E-state index in [1.165, 1.54) is 24.8 Å². The van der Waals surface area contributed by atoms with E-state index in [0.29, 0.717) is 18.4 Å². The first-order valence-corrected chi connectivity index (χ1v) is 4.74. The topological polar surface area (TPSA) is 20.3 Å². The summed E-state index contributed by atoms with van der Waals surface area (Å²) in [5.74, 6) is 0.333. The minimum atomic E-state index is 0.333. The fourth-order valence-corrected chi connectivity index (χ4v) is 2.17. The summed E-state index contributed by atoms with van der Waals surface area (Å²) in [5, 5.41) is 0. The molecule has 0 aromatic carbocycles. The van der Waals surface area contributed by atoms with E-state index in [0.717, 1.165) is 6.54 Å². The average molecular weight is 165 g/mol. The van der Waals surface area contributed by atoms with E-state index < -0.39 is 0 Å². The maximum atomic E-state index is 11.5. The van der Waals surface area contributed by atoms with Crippen molar-refractivity contribution in [2.75, 3.05) is 6.54 Å². The van der Waals surface area contributed by atoms with E-state index in [4.69, 9.17) is 0 Å². The van der Waals surface area contributed by atoms with E-state index in [9.17, 15) is 4.79 Å². The lowest BCUT2D eigenvalue weighted by Crippen LogP contribution is -2.45. The highest BCUT2D eigenvalue weighted by Gasteiger charge is 2.28. The van der Waals surface area contributed by atoms with Crippen molar-refractivity contribution in [1.29, 1.82) is 0 Å². The minimum Gasteiger partial charge on any atom is -0.336 e. The van der Waals surface area contributed by atoms with Crippen molar-refractivity contribution in [2.45, 2.75) is 38.6 Å². The van der Waals surface area contributed by atoms with Crippen LogP contribution in [0.5, 0.6) is 0 Å². The van der Waals surface area contributed by atoms with Crippen LogP contribution in [0.3, 0.4) is 0 Å². The monoisotopic (exact) mass is 165 g/mol. The zero-order chi connectivity index (χ0) is 8.55. The van der Waals surface area contributed by atoms with Gasteiger partial charge in [0.25, 0.3) is 0 Å². The van der Waals surface area contributed by atoms with Crippen LogP contribution < -0.4 is 0 Å². The van der Waals surface area contributed by atoms with Crippen LogP contribution in [-0.4, -0.2) is 23.4 Å². The number of amides is 1. The van der Waals surface area contributed by atoms with Gasteiger partial charge >= 0.3 is 0 Å². The van der Waals surface area contributed by atoms with E-state index in [1.807, 2.05) is 4.90 Å². The quantitative estimate of drug-likeness (QED) is 0.500. The second kappa shape index (κ2) is 2.92. The number of hydrogen-bond donors (Lipinski definition) is 0. The molecular formula is C10H15NO. The lowest BCUT2D eigenvalue weighted by molar-refractivity contribution is -0.133. The summed E-state index contributed by atoms with van der Waals surface area (Å²) < 4.78 is 0. The Balaban J connectivity index is 2.19. The maximum Gasteiger partial charge on any atom is 0.227 e. The molecule has 0 radical (unpaired) electrons. The standard InChI is InChI=1S/C10H15NO/c1-8-6-9-4-2-3-5-11(9)10(12)7-8/h6,9H,2-5,7H2,1H3. The molecule has 1 fully saturated rings. The van der Waals surface area contributed by atoms with E-state index >= 15 is 0 Å². The van der Waals surface area contributed by atoms with Gasteiger partial charge in [0.1, 0.15) is 0 Å². The van der Waals surface area contributed by atoms with Gasteiger partial charge in [0.05, 0.1) is 6.04 Å². The summed E-state index contributed by atoms with van der Waals surface area (Å²) in [6, 6.07) is 0.431. The van der Waals surface area contributed by atoms with Gasteiger partial charge in [0.2, 0.25) is 5.91 Å². The highest BCUT2D eigenvalue weighted by atomic mass is 16.2. The summed E-state index contributed by atoms with van der Waals surface area (Å²) in [7, 11) is 0. The van der Waals surface area contributed by atoms with Gasteiger partial charge in [-0.1, -0.05) is 11.6 Å². The number of nitrogens with zero attached hydrogens (tertiary/aromatic N) is 1. The smallest absolute Gasteiger partial charge is 0.227 e. The van der Waals surface area contributed by atoms with E-state index in [1.54, 1.807) is 0 Å². The molecule has 2 heterocycles. The van der Waals surface area contributed by atoms with Crippen LogP contribution in [0, 0.1) is 0 Å². The Labute approximate surface area is 73.2 Å². The third-order valence-electron chi connectivity index (χ3n) is 2.78. The molecule has 1 amide bonds. The molecule has 1 atom stereocenters. The Hall–Kier alpha value is -0.790. The number of rotatable bonds is 0. The van der Waals surface area contributed by atoms with Crippen molar-refractivity contribution in [3.8, 4) is 0 Å². The van der Waals surface area contributed by atoms with E-state index in [2.05, 4.69) is 13.0 Å². The first-order chi connectivity index (χ1) is 5.77. The fraction of sp³-hybridized carbons (Fsp3) is 0.700. The molecule has 0 spiro atoms. The van der Waals surface area contributed by atoms with Crippen LogP contribution in [0.25, 0.3) is 0 Å². The Morgan fingerprint density at radius 1 is 1.50 bits per heavy atom. The fourth-order valence-electron chi connectivity index (χ4n) is 2.17. The number of carbonyl (C=O) groups excluding carboxylic acids is 1. The molecule has 0 N–H and O–H groups in total. The summed E-state index contributed by atoms with van der Waals surface area (Å²) in [4.78, 5) is 13.6. The zero-order valence-electron chi connectivity index (χ0n) is 7.55. The van der Waals surface area contributed by atoms with Crippen LogP contribution in [-0.2, 0) is 4.79 Å². The van der Waals surface area contributed by atoms with Crippen LogP contribution in [0.1, 0.15) is 32.6 Å². The lowest BCUT2D eigenvalue weighted by Gasteiger charge is -2.37. The second-order valence-corrected chi connectivity index (χ2v) is 3.84. The Morgan fingerprint density at radius 3 is 3.17 bits per heavy atom. The first-order valence-electron chi connectivity index (χ1n) is 4.74. The molecule has 0 aliphatic carbocycles. The molecule has 2 nitrogen and oxygen atoms in total. The van der Waals surface area contributed by atoms with Crippen LogP contribution in [0.15, 0.2) is 11.6 Å². The van der Waals surface area contributed by atoms with Gasteiger partial charge in [-0.2, -0.15) is 0 Å². The molecule has 0 saturated carbocycles. The highest BCUT2D eigenvalue weighted by molar-refractivity contribution is 5.80. The van der Waals surface area contributed by atoms with Crippen molar-refractivity contribution >= 4 is 5.91 Å². The van der Waals surface area contributed by atoms with Crippen molar-refractivity contribution in [2.24, 2.45) is 0 Å². The average Bonchev–Trinajstić information content (AvgIpc) is 2.04. The van der Waals surface area contributed by atoms with Gasteiger partial charge in [-0.15, -0.1) is 0 Å². The number of fused-ring (bicyclic) bond motifs is 1. The van der Waals surface area contributed by atoms with Crippen LogP contribution >= 0.6 is 0 Å². The van der Waals surface area contributed by atoms with Gasteiger partial charge in [-0.3, -0.25) is 4.79 Å².